The molecule has 0 bridgehead atoms. The molecule has 3 rings (SSSR count). The lowest BCUT2D eigenvalue weighted by atomic mass is 9.95. The van der Waals surface area contributed by atoms with E-state index in [2.05, 4.69) is 21.2 Å². The van der Waals surface area contributed by atoms with Crippen molar-refractivity contribution in [3.63, 3.8) is 0 Å². The maximum Gasteiger partial charge on any atom is 0.235 e. The van der Waals surface area contributed by atoms with Gasteiger partial charge in [0.25, 0.3) is 0 Å². The van der Waals surface area contributed by atoms with Crippen molar-refractivity contribution in [3.8, 4) is 0 Å². The minimum absolute atomic E-state index is 0.0602. The van der Waals surface area contributed by atoms with Crippen molar-refractivity contribution in [1.29, 1.82) is 0 Å². The fourth-order valence-electron chi connectivity index (χ4n) is 3.00. The van der Waals surface area contributed by atoms with Gasteiger partial charge in [0.1, 0.15) is 0 Å². The topological polar surface area (TPSA) is 47.6 Å². The van der Waals surface area contributed by atoms with Gasteiger partial charge in [-0.15, -0.1) is 0 Å². The fourth-order valence-corrected chi connectivity index (χ4v) is 3.40. The SMILES string of the molecule is CCOCCOCc1cccc(NC(=O)C2(c3cccc(Br)c3)CC2)c1. The monoisotopic (exact) mass is 417 g/mol. The molecule has 1 saturated carbocycles. The Hall–Kier alpha value is -1.69. The van der Waals surface area contributed by atoms with E-state index in [9.17, 15) is 4.79 Å². The normalized spacial score (nSPS) is 14.8. The highest BCUT2D eigenvalue weighted by Crippen LogP contribution is 2.49. The second-order valence-electron chi connectivity index (χ2n) is 6.50. The molecule has 1 aliphatic carbocycles. The molecule has 0 unspecified atom stereocenters. The van der Waals surface area contributed by atoms with Crippen molar-refractivity contribution in [2.75, 3.05) is 25.1 Å². The van der Waals surface area contributed by atoms with E-state index >= 15 is 0 Å². The van der Waals surface area contributed by atoms with Crippen LogP contribution in [0.4, 0.5) is 5.69 Å². The molecule has 0 heterocycles. The van der Waals surface area contributed by atoms with Gasteiger partial charge in [-0.25, -0.2) is 0 Å². The number of anilines is 1. The Labute approximate surface area is 163 Å². The predicted octanol–water partition coefficient (Wildman–Crippen LogP) is 4.67. The molecule has 2 aromatic rings. The number of carbonyl (C=O) groups is 1. The summed E-state index contributed by atoms with van der Waals surface area (Å²) in [4.78, 5) is 12.9. The van der Waals surface area contributed by atoms with E-state index in [4.69, 9.17) is 9.47 Å². The average Bonchev–Trinajstić information content (AvgIpc) is 3.44. The molecule has 26 heavy (non-hydrogen) atoms. The molecule has 0 radical (unpaired) electrons. The van der Waals surface area contributed by atoms with E-state index in [1.807, 2.05) is 55.5 Å². The fraction of sp³-hybridized carbons (Fsp3) is 0.381. The second-order valence-corrected chi connectivity index (χ2v) is 7.41. The number of rotatable bonds is 9. The summed E-state index contributed by atoms with van der Waals surface area (Å²) in [6.07, 6.45) is 1.77. The van der Waals surface area contributed by atoms with Crippen molar-refractivity contribution in [2.45, 2.75) is 31.8 Å². The van der Waals surface area contributed by atoms with Crippen LogP contribution in [-0.2, 0) is 26.3 Å². The molecule has 2 aromatic carbocycles. The van der Waals surface area contributed by atoms with E-state index in [-0.39, 0.29) is 5.91 Å². The summed E-state index contributed by atoms with van der Waals surface area (Å²) in [6.45, 7) is 4.34. The van der Waals surface area contributed by atoms with Crippen LogP contribution in [0.1, 0.15) is 30.9 Å². The Morgan fingerprint density at radius 2 is 1.88 bits per heavy atom. The molecule has 0 aromatic heterocycles. The first-order valence-corrected chi connectivity index (χ1v) is 9.75. The highest BCUT2D eigenvalue weighted by Gasteiger charge is 2.51. The van der Waals surface area contributed by atoms with Crippen LogP contribution < -0.4 is 5.32 Å². The van der Waals surface area contributed by atoms with Crippen molar-refractivity contribution in [3.05, 3.63) is 64.1 Å². The maximum atomic E-state index is 12.9. The van der Waals surface area contributed by atoms with Gasteiger partial charge >= 0.3 is 0 Å². The Bertz CT molecular complexity index is 758. The van der Waals surface area contributed by atoms with E-state index in [0.717, 1.165) is 34.1 Å². The molecule has 5 heteroatoms. The lowest BCUT2D eigenvalue weighted by Gasteiger charge is -2.16. The molecule has 0 atom stereocenters. The zero-order valence-electron chi connectivity index (χ0n) is 15.0. The lowest BCUT2D eigenvalue weighted by molar-refractivity contribution is -0.118. The van der Waals surface area contributed by atoms with Crippen LogP contribution in [0, 0.1) is 0 Å². The van der Waals surface area contributed by atoms with Crippen LogP contribution in [0.25, 0.3) is 0 Å². The standard InChI is InChI=1S/C21H24BrNO3/c1-2-25-11-12-26-15-16-5-3-8-19(13-16)23-20(24)21(9-10-21)17-6-4-7-18(22)14-17/h3-8,13-14H,2,9-12,15H2,1H3,(H,23,24). The predicted molar refractivity (Wildman–Crippen MR) is 106 cm³/mol. The summed E-state index contributed by atoms with van der Waals surface area (Å²) >= 11 is 3.49. The van der Waals surface area contributed by atoms with Crippen LogP contribution in [0.3, 0.4) is 0 Å². The molecule has 1 aliphatic rings. The molecule has 1 amide bonds. The molecule has 0 spiro atoms. The second kappa shape index (κ2) is 8.80. The number of halogens is 1. The Morgan fingerprint density at radius 3 is 2.62 bits per heavy atom. The highest BCUT2D eigenvalue weighted by atomic mass is 79.9. The zero-order valence-corrected chi connectivity index (χ0v) is 16.6. The van der Waals surface area contributed by atoms with Gasteiger partial charge in [-0.2, -0.15) is 0 Å². The lowest BCUT2D eigenvalue weighted by Crippen LogP contribution is -2.27. The van der Waals surface area contributed by atoms with Gasteiger partial charge in [-0.3, -0.25) is 4.79 Å². The minimum Gasteiger partial charge on any atom is -0.379 e. The number of amides is 1. The average molecular weight is 418 g/mol. The largest absolute Gasteiger partial charge is 0.379 e. The molecule has 138 valence electrons. The van der Waals surface area contributed by atoms with Gasteiger partial charge in [-0.1, -0.05) is 40.2 Å². The summed E-state index contributed by atoms with van der Waals surface area (Å²) in [5.41, 5.74) is 2.52. The summed E-state index contributed by atoms with van der Waals surface area (Å²) < 4.78 is 11.9. The number of nitrogens with one attached hydrogen (secondary N) is 1. The molecule has 0 saturated heterocycles. The van der Waals surface area contributed by atoms with Crippen molar-refractivity contribution < 1.29 is 14.3 Å². The molecule has 0 aliphatic heterocycles. The quantitative estimate of drug-likeness (QED) is 0.602. The van der Waals surface area contributed by atoms with Crippen molar-refractivity contribution in [1.82, 2.24) is 0 Å². The third-order valence-electron chi connectivity index (χ3n) is 4.59. The first-order chi connectivity index (χ1) is 12.6. The van der Waals surface area contributed by atoms with E-state index < -0.39 is 5.41 Å². The molecule has 4 nitrogen and oxygen atoms in total. The van der Waals surface area contributed by atoms with Crippen molar-refractivity contribution >= 4 is 27.5 Å². The van der Waals surface area contributed by atoms with Crippen LogP contribution in [0.15, 0.2) is 53.0 Å². The summed E-state index contributed by atoms with van der Waals surface area (Å²) in [6, 6.07) is 15.8. The molecular weight excluding hydrogens is 394 g/mol. The molecule has 1 fully saturated rings. The number of benzene rings is 2. The summed E-state index contributed by atoms with van der Waals surface area (Å²) in [5, 5.41) is 3.08. The first-order valence-electron chi connectivity index (χ1n) is 8.96. The van der Waals surface area contributed by atoms with E-state index in [0.29, 0.717) is 26.4 Å². The Kier molecular flexibility index (Phi) is 6.46. The van der Waals surface area contributed by atoms with Gasteiger partial charge in [-0.05, 0) is 55.2 Å². The van der Waals surface area contributed by atoms with E-state index in [1.165, 1.54) is 0 Å². The van der Waals surface area contributed by atoms with Gasteiger partial charge in [0.05, 0.1) is 25.2 Å². The smallest absolute Gasteiger partial charge is 0.235 e. The van der Waals surface area contributed by atoms with E-state index in [1.54, 1.807) is 0 Å². The summed E-state index contributed by atoms with van der Waals surface area (Å²) in [5.74, 6) is 0.0602. The number of hydrogen-bond donors (Lipinski definition) is 1. The van der Waals surface area contributed by atoms with Crippen LogP contribution in [0.2, 0.25) is 0 Å². The van der Waals surface area contributed by atoms with Crippen LogP contribution in [0.5, 0.6) is 0 Å². The van der Waals surface area contributed by atoms with Gasteiger partial charge in [0.2, 0.25) is 5.91 Å². The van der Waals surface area contributed by atoms with Crippen LogP contribution >= 0.6 is 15.9 Å². The maximum absolute atomic E-state index is 12.9. The van der Waals surface area contributed by atoms with Gasteiger partial charge in [0.15, 0.2) is 0 Å². The Balaban J connectivity index is 1.60. The van der Waals surface area contributed by atoms with Gasteiger partial charge < -0.3 is 14.8 Å². The first kappa shape index (κ1) is 19.1. The number of carbonyl (C=O) groups excluding carboxylic acids is 1. The number of hydrogen-bond acceptors (Lipinski definition) is 3. The van der Waals surface area contributed by atoms with Gasteiger partial charge in [0, 0.05) is 16.8 Å². The minimum atomic E-state index is -0.395. The zero-order chi connectivity index (χ0) is 18.4. The molecular formula is C21H24BrNO3. The van der Waals surface area contributed by atoms with Crippen LogP contribution in [-0.4, -0.2) is 25.7 Å². The molecule has 1 N–H and O–H groups in total. The Morgan fingerprint density at radius 1 is 1.12 bits per heavy atom. The third kappa shape index (κ3) is 4.72. The summed E-state index contributed by atoms with van der Waals surface area (Å²) in [7, 11) is 0. The number of ether oxygens (including phenoxy) is 2. The van der Waals surface area contributed by atoms with Crippen molar-refractivity contribution in [2.24, 2.45) is 0 Å². The highest BCUT2D eigenvalue weighted by molar-refractivity contribution is 9.10. The third-order valence-corrected chi connectivity index (χ3v) is 5.08.